The number of nitrogens with zero attached hydrogens (tertiary/aromatic N) is 1. The summed E-state index contributed by atoms with van der Waals surface area (Å²) in [4.78, 5) is 14.7. The number of carbonyl (C=O) groups is 1. The number of rotatable bonds is 4. The maximum Gasteiger partial charge on any atom is 0.328 e. The lowest BCUT2D eigenvalue weighted by molar-refractivity contribution is -0.149. The lowest BCUT2D eigenvalue weighted by Crippen LogP contribution is -2.37. The summed E-state index contributed by atoms with van der Waals surface area (Å²) in [6.45, 7) is 7.96. The summed E-state index contributed by atoms with van der Waals surface area (Å²) in [6.07, 6.45) is 1.04. The van der Waals surface area contributed by atoms with E-state index in [0.29, 0.717) is 6.61 Å². The molecular weight excluding hydrogens is 332 g/mol. The Morgan fingerprint density at radius 1 is 1.43 bits per heavy atom. The summed E-state index contributed by atoms with van der Waals surface area (Å²) in [6, 6.07) is 5.79. The minimum Gasteiger partial charge on any atom is -0.465 e. The molecule has 1 aromatic rings. The van der Waals surface area contributed by atoms with Gasteiger partial charge in [-0.3, -0.25) is 4.90 Å². The maximum absolute atomic E-state index is 12.5. The molecule has 0 bridgehead atoms. The number of aryl methyl sites for hydroxylation is 1. The number of benzene rings is 1. The second-order valence-corrected chi connectivity index (χ2v) is 6.17. The van der Waals surface area contributed by atoms with Gasteiger partial charge in [0.2, 0.25) is 0 Å². The van der Waals surface area contributed by atoms with Gasteiger partial charge >= 0.3 is 5.97 Å². The number of hydrogen-bond acceptors (Lipinski definition) is 4. The molecule has 0 spiro atoms. The molecule has 1 atom stereocenters. The Balaban J connectivity index is 2.32. The third kappa shape index (κ3) is 4.28. The number of esters is 1. The molecule has 2 rings (SSSR count). The van der Waals surface area contributed by atoms with Gasteiger partial charge in [-0.2, -0.15) is 0 Å². The van der Waals surface area contributed by atoms with Gasteiger partial charge in [-0.1, -0.05) is 28.1 Å². The molecule has 1 aliphatic heterocycles. The lowest BCUT2D eigenvalue weighted by Gasteiger charge is -2.29. The highest BCUT2D eigenvalue weighted by Gasteiger charge is 2.30. The molecule has 1 unspecified atom stereocenters. The monoisotopic (exact) mass is 354 g/mol. The first-order valence-corrected chi connectivity index (χ1v) is 8.30. The van der Waals surface area contributed by atoms with E-state index < -0.39 is 0 Å². The molecule has 0 aromatic heterocycles. The summed E-state index contributed by atoms with van der Waals surface area (Å²) >= 11 is 3.60. The number of halogens is 1. The van der Waals surface area contributed by atoms with Crippen LogP contribution in [-0.2, 0) is 9.53 Å². The van der Waals surface area contributed by atoms with Gasteiger partial charge in [-0.05, 0) is 44.0 Å². The summed E-state index contributed by atoms with van der Waals surface area (Å²) in [5, 5.41) is 3.37. The average molecular weight is 355 g/mol. The third-order valence-corrected chi connectivity index (χ3v) is 4.39. The van der Waals surface area contributed by atoms with Gasteiger partial charge in [0.25, 0.3) is 0 Å². The van der Waals surface area contributed by atoms with Crippen molar-refractivity contribution >= 4 is 21.9 Å². The van der Waals surface area contributed by atoms with Crippen LogP contribution in [0, 0.1) is 6.92 Å². The van der Waals surface area contributed by atoms with Gasteiger partial charge in [0.05, 0.1) is 6.61 Å². The van der Waals surface area contributed by atoms with Crippen molar-refractivity contribution in [3.8, 4) is 0 Å². The predicted molar refractivity (Wildman–Crippen MR) is 87.3 cm³/mol. The fourth-order valence-electron chi connectivity index (χ4n) is 2.67. The highest BCUT2D eigenvalue weighted by atomic mass is 79.9. The zero-order valence-corrected chi connectivity index (χ0v) is 14.3. The van der Waals surface area contributed by atoms with E-state index in [1.165, 1.54) is 5.56 Å². The topological polar surface area (TPSA) is 41.6 Å². The number of hydrogen-bond donors (Lipinski definition) is 1. The van der Waals surface area contributed by atoms with E-state index in [4.69, 9.17) is 4.74 Å². The molecule has 116 valence electrons. The summed E-state index contributed by atoms with van der Waals surface area (Å²) in [5.74, 6) is -0.163. The van der Waals surface area contributed by atoms with Crippen molar-refractivity contribution in [2.24, 2.45) is 0 Å². The van der Waals surface area contributed by atoms with Crippen molar-refractivity contribution in [1.82, 2.24) is 10.2 Å². The van der Waals surface area contributed by atoms with Gasteiger partial charge < -0.3 is 10.1 Å². The Bertz CT molecular complexity index is 485. The van der Waals surface area contributed by atoms with Crippen LogP contribution in [0.4, 0.5) is 0 Å². The average Bonchev–Trinajstić information content (AvgIpc) is 2.71. The van der Waals surface area contributed by atoms with Crippen LogP contribution in [0.3, 0.4) is 0 Å². The molecular formula is C16H23BrN2O2. The molecule has 21 heavy (non-hydrogen) atoms. The van der Waals surface area contributed by atoms with Crippen molar-refractivity contribution in [2.45, 2.75) is 26.3 Å². The Morgan fingerprint density at radius 3 is 2.95 bits per heavy atom. The highest BCUT2D eigenvalue weighted by molar-refractivity contribution is 9.10. The van der Waals surface area contributed by atoms with E-state index in [-0.39, 0.29) is 12.0 Å². The summed E-state index contributed by atoms with van der Waals surface area (Å²) < 4.78 is 6.29. The van der Waals surface area contributed by atoms with Crippen LogP contribution < -0.4 is 5.32 Å². The molecule has 1 aliphatic rings. The van der Waals surface area contributed by atoms with Crippen LogP contribution in [0.1, 0.15) is 30.5 Å². The molecule has 5 heteroatoms. The van der Waals surface area contributed by atoms with E-state index in [9.17, 15) is 4.79 Å². The molecule has 1 heterocycles. The van der Waals surface area contributed by atoms with Gasteiger partial charge in [0.1, 0.15) is 6.04 Å². The van der Waals surface area contributed by atoms with E-state index in [1.807, 2.05) is 26.0 Å². The van der Waals surface area contributed by atoms with Crippen LogP contribution in [0.2, 0.25) is 0 Å². The minimum absolute atomic E-state index is 0.163. The Labute approximate surface area is 135 Å². The Hall–Kier alpha value is -0.910. The largest absolute Gasteiger partial charge is 0.465 e. The third-order valence-electron chi connectivity index (χ3n) is 3.70. The molecule has 1 aromatic carbocycles. The van der Waals surface area contributed by atoms with Crippen molar-refractivity contribution in [2.75, 3.05) is 32.8 Å². The van der Waals surface area contributed by atoms with Crippen molar-refractivity contribution in [1.29, 1.82) is 0 Å². The molecule has 0 radical (unpaired) electrons. The zero-order chi connectivity index (χ0) is 15.2. The maximum atomic E-state index is 12.5. The predicted octanol–water partition coefficient (Wildman–Crippen LogP) is 2.66. The van der Waals surface area contributed by atoms with Crippen LogP contribution in [0.25, 0.3) is 0 Å². The first-order chi connectivity index (χ1) is 10.1. The first kappa shape index (κ1) is 16.5. The van der Waals surface area contributed by atoms with Crippen molar-refractivity contribution < 1.29 is 9.53 Å². The normalized spacial score (nSPS) is 18.0. The second kappa shape index (κ2) is 7.92. The fourth-order valence-corrected chi connectivity index (χ4v) is 3.38. The number of carbonyl (C=O) groups excluding carboxylic acids is 1. The van der Waals surface area contributed by atoms with Gasteiger partial charge in [0, 0.05) is 24.1 Å². The Morgan fingerprint density at radius 2 is 2.24 bits per heavy atom. The van der Waals surface area contributed by atoms with Crippen LogP contribution >= 0.6 is 15.9 Å². The standard InChI is InChI=1S/C16H23BrN2O2/c1-3-21-16(20)15(19-9-4-7-18-8-10-19)13-6-5-12(2)11-14(13)17/h5-6,11,15,18H,3-4,7-10H2,1-2H3. The van der Waals surface area contributed by atoms with Gasteiger partial charge in [-0.15, -0.1) is 0 Å². The van der Waals surface area contributed by atoms with E-state index in [2.05, 4.69) is 32.2 Å². The van der Waals surface area contributed by atoms with E-state index in [1.54, 1.807) is 0 Å². The van der Waals surface area contributed by atoms with Crippen molar-refractivity contribution in [3.63, 3.8) is 0 Å². The molecule has 1 saturated heterocycles. The molecule has 0 saturated carbocycles. The van der Waals surface area contributed by atoms with Crippen LogP contribution in [0.15, 0.2) is 22.7 Å². The van der Waals surface area contributed by atoms with Gasteiger partial charge in [0.15, 0.2) is 0 Å². The first-order valence-electron chi connectivity index (χ1n) is 7.51. The van der Waals surface area contributed by atoms with Crippen LogP contribution in [0.5, 0.6) is 0 Å². The fraction of sp³-hybridized carbons (Fsp3) is 0.562. The quantitative estimate of drug-likeness (QED) is 0.844. The van der Waals surface area contributed by atoms with Crippen LogP contribution in [-0.4, -0.2) is 43.7 Å². The molecule has 1 N–H and O–H groups in total. The SMILES string of the molecule is CCOC(=O)C(c1ccc(C)cc1Br)N1CCCNCC1. The number of nitrogens with one attached hydrogen (secondary N) is 1. The molecule has 4 nitrogen and oxygen atoms in total. The van der Waals surface area contributed by atoms with E-state index in [0.717, 1.165) is 42.6 Å². The highest BCUT2D eigenvalue weighted by Crippen LogP contribution is 2.30. The Kier molecular flexibility index (Phi) is 6.21. The summed E-state index contributed by atoms with van der Waals surface area (Å²) in [5.41, 5.74) is 2.16. The number of ether oxygens (including phenoxy) is 1. The second-order valence-electron chi connectivity index (χ2n) is 5.32. The van der Waals surface area contributed by atoms with Crippen molar-refractivity contribution in [3.05, 3.63) is 33.8 Å². The van der Waals surface area contributed by atoms with E-state index >= 15 is 0 Å². The lowest BCUT2D eigenvalue weighted by atomic mass is 10.0. The zero-order valence-electron chi connectivity index (χ0n) is 12.7. The smallest absolute Gasteiger partial charge is 0.328 e. The molecule has 0 aliphatic carbocycles. The molecule has 1 fully saturated rings. The summed E-state index contributed by atoms with van der Waals surface area (Å²) in [7, 11) is 0. The van der Waals surface area contributed by atoms with Gasteiger partial charge in [-0.25, -0.2) is 4.79 Å². The molecule has 0 amide bonds. The minimum atomic E-state index is -0.333.